The van der Waals surface area contributed by atoms with Gasteiger partial charge < -0.3 is 0 Å². The van der Waals surface area contributed by atoms with Gasteiger partial charge in [0.05, 0.1) is 0 Å². The summed E-state index contributed by atoms with van der Waals surface area (Å²) >= 11 is 0. The third-order valence-corrected chi connectivity index (χ3v) is 3.19. The first kappa shape index (κ1) is 10.4. The maximum Gasteiger partial charge on any atom is 0.121 e. The highest BCUT2D eigenvalue weighted by Gasteiger charge is 2.14. The summed E-state index contributed by atoms with van der Waals surface area (Å²) in [5.41, 5.74) is 0. The van der Waals surface area contributed by atoms with Crippen molar-refractivity contribution in [2.75, 3.05) is 32.9 Å². The van der Waals surface area contributed by atoms with E-state index in [4.69, 9.17) is 4.84 Å². The van der Waals surface area contributed by atoms with E-state index in [1.54, 1.807) is 0 Å². The zero-order chi connectivity index (χ0) is 9.64. The van der Waals surface area contributed by atoms with Gasteiger partial charge in [-0.25, -0.2) is 0 Å². The molecule has 2 saturated heterocycles. The average molecular weight is 198 g/mol. The summed E-state index contributed by atoms with van der Waals surface area (Å²) in [6.45, 7) is 5.54. The normalized spacial score (nSPS) is 26.6. The van der Waals surface area contributed by atoms with Crippen LogP contribution in [0.1, 0.15) is 38.5 Å². The van der Waals surface area contributed by atoms with Crippen LogP contribution in [0.15, 0.2) is 0 Å². The van der Waals surface area contributed by atoms with Crippen molar-refractivity contribution in [3.8, 4) is 0 Å². The molecule has 0 bridgehead atoms. The van der Waals surface area contributed by atoms with Crippen LogP contribution in [-0.2, 0) is 4.84 Å². The molecule has 0 atom stereocenters. The lowest BCUT2D eigenvalue weighted by Crippen LogP contribution is -2.38. The summed E-state index contributed by atoms with van der Waals surface area (Å²) in [6.07, 6.45) is 8.09. The van der Waals surface area contributed by atoms with E-state index in [-0.39, 0.29) is 0 Å². The van der Waals surface area contributed by atoms with Crippen molar-refractivity contribution < 1.29 is 4.84 Å². The van der Waals surface area contributed by atoms with E-state index in [1.165, 1.54) is 51.6 Å². The minimum absolute atomic E-state index is 0.819. The van der Waals surface area contributed by atoms with E-state index >= 15 is 0 Å². The Labute approximate surface area is 87.0 Å². The van der Waals surface area contributed by atoms with E-state index in [2.05, 4.69) is 9.96 Å². The highest BCUT2D eigenvalue weighted by atomic mass is 16.7. The van der Waals surface area contributed by atoms with Crippen LogP contribution in [0, 0.1) is 0 Å². The zero-order valence-electron chi connectivity index (χ0n) is 9.08. The molecule has 0 unspecified atom stereocenters. The van der Waals surface area contributed by atoms with Gasteiger partial charge in [-0.05, 0) is 25.7 Å². The Morgan fingerprint density at radius 1 is 0.714 bits per heavy atom. The highest BCUT2D eigenvalue weighted by Crippen LogP contribution is 2.11. The fraction of sp³-hybridized carbons (Fsp3) is 1.00. The topological polar surface area (TPSA) is 15.7 Å². The van der Waals surface area contributed by atoms with Gasteiger partial charge in [-0.3, -0.25) is 9.74 Å². The molecule has 0 aromatic carbocycles. The minimum atomic E-state index is 0.819. The molecule has 2 heterocycles. The van der Waals surface area contributed by atoms with E-state index in [1.807, 2.05) is 0 Å². The Kier molecular flexibility index (Phi) is 4.22. The van der Waals surface area contributed by atoms with E-state index in [9.17, 15) is 0 Å². The smallest absolute Gasteiger partial charge is 0.121 e. The van der Waals surface area contributed by atoms with Crippen molar-refractivity contribution in [2.24, 2.45) is 0 Å². The second-order valence-corrected chi connectivity index (χ2v) is 4.43. The molecule has 0 N–H and O–H groups in total. The molecule has 2 aliphatic heterocycles. The fourth-order valence-corrected chi connectivity index (χ4v) is 2.25. The molecule has 0 radical (unpaired) electrons. The molecular weight excluding hydrogens is 176 g/mol. The number of nitrogens with zero attached hydrogens (tertiary/aromatic N) is 2. The van der Waals surface area contributed by atoms with Crippen molar-refractivity contribution >= 4 is 0 Å². The average Bonchev–Trinajstić information content (AvgIpc) is 2.29. The Morgan fingerprint density at radius 2 is 1.29 bits per heavy atom. The molecule has 0 aromatic rings. The maximum absolute atomic E-state index is 5.78. The lowest BCUT2D eigenvalue weighted by Gasteiger charge is -2.31. The largest absolute Gasteiger partial charge is 0.283 e. The van der Waals surface area contributed by atoms with Gasteiger partial charge in [-0.1, -0.05) is 12.8 Å². The van der Waals surface area contributed by atoms with Crippen LogP contribution in [0.5, 0.6) is 0 Å². The van der Waals surface area contributed by atoms with Crippen molar-refractivity contribution in [1.82, 2.24) is 9.96 Å². The van der Waals surface area contributed by atoms with Gasteiger partial charge >= 0.3 is 0 Å². The predicted molar refractivity (Wildman–Crippen MR) is 56.8 cm³/mol. The molecule has 2 rings (SSSR count). The fourth-order valence-electron chi connectivity index (χ4n) is 2.25. The standard InChI is InChI=1S/C11H22N2O/c1-3-7-12(8-4-1)11-14-13-9-5-2-6-10-13/h1-11H2. The molecule has 0 amide bonds. The Balaban J connectivity index is 1.60. The molecule has 14 heavy (non-hydrogen) atoms. The maximum atomic E-state index is 5.78. The summed E-state index contributed by atoms with van der Waals surface area (Å²) in [5.74, 6) is 0. The molecule has 2 aliphatic rings. The molecular formula is C11H22N2O. The third kappa shape index (κ3) is 3.23. The third-order valence-electron chi connectivity index (χ3n) is 3.19. The Bertz CT molecular complexity index is 133. The number of rotatable bonds is 3. The van der Waals surface area contributed by atoms with Gasteiger partial charge in [0.15, 0.2) is 0 Å². The van der Waals surface area contributed by atoms with Crippen LogP contribution in [0.25, 0.3) is 0 Å². The summed E-state index contributed by atoms with van der Waals surface area (Å²) in [7, 11) is 0. The summed E-state index contributed by atoms with van der Waals surface area (Å²) in [5, 5.41) is 2.15. The van der Waals surface area contributed by atoms with Crippen LogP contribution in [0.2, 0.25) is 0 Å². The van der Waals surface area contributed by atoms with E-state index in [0.717, 1.165) is 19.8 Å². The SMILES string of the molecule is C1CCN(CON2CCCCC2)CC1. The Hall–Kier alpha value is -0.120. The van der Waals surface area contributed by atoms with Gasteiger partial charge in [0, 0.05) is 26.2 Å². The van der Waals surface area contributed by atoms with E-state index < -0.39 is 0 Å². The first-order valence-electron chi connectivity index (χ1n) is 6.05. The molecule has 0 aromatic heterocycles. The molecule has 82 valence electrons. The van der Waals surface area contributed by atoms with Crippen LogP contribution >= 0.6 is 0 Å². The minimum Gasteiger partial charge on any atom is -0.283 e. The lowest BCUT2D eigenvalue weighted by atomic mass is 10.1. The van der Waals surface area contributed by atoms with Gasteiger partial charge in [0.2, 0.25) is 0 Å². The summed E-state index contributed by atoms with van der Waals surface area (Å²) in [6, 6.07) is 0. The molecule has 3 nitrogen and oxygen atoms in total. The van der Waals surface area contributed by atoms with Crippen molar-refractivity contribution in [3.63, 3.8) is 0 Å². The second kappa shape index (κ2) is 5.69. The van der Waals surface area contributed by atoms with Gasteiger partial charge in [0.1, 0.15) is 6.73 Å². The van der Waals surface area contributed by atoms with Crippen molar-refractivity contribution in [1.29, 1.82) is 0 Å². The molecule has 0 saturated carbocycles. The number of hydrogen-bond donors (Lipinski definition) is 0. The number of hydrogen-bond acceptors (Lipinski definition) is 3. The van der Waals surface area contributed by atoms with Gasteiger partial charge in [-0.2, -0.15) is 5.06 Å². The first-order valence-corrected chi connectivity index (χ1v) is 6.05. The molecule has 2 fully saturated rings. The van der Waals surface area contributed by atoms with Crippen LogP contribution in [0.3, 0.4) is 0 Å². The Morgan fingerprint density at radius 3 is 1.93 bits per heavy atom. The highest BCUT2D eigenvalue weighted by molar-refractivity contribution is 4.61. The second-order valence-electron chi connectivity index (χ2n) is 4.43. The van der Waals surface area contributed by atoms with Crippen LogP contribution in [0.4, 0.5) is 0 Å². The van der Waals surface area contributed by atoms with Crippen molar-refractivity contribution in [2.45, 2.75) is 38.5 Å². The van der Waals surface area contributed by atoms with Crippen LogP contribution in [-0.4, -0.2) is 42.9 Å². The lowest BCUT2D eigenvalue weighted by molar-refractivity contribution is -0.200. The number of piperidine rings is 2. The number of hydroxylamine groups is 2. The predicted octanol–water partition coefficient (Wildman–Crippen LogP) is 1.85. The van der Waals surface area contributed by atoms with Gasteiger partial charge in [0.25, 0.3) is 0 Å². The quantitative estimate of drug-likeness (QED) is 0.688. The number of likely N-dealkylation sites (tertiary alicyclic amines) is 1. The zero-order valence-corrected chi connectivity index (χ0v) is 9.08. The summed E-state index contributed by atoms with van der Waals surface area (Å²) in [4.78, 5) is 8.21. The monoisotopic (exact) mass is 198 g/mol. The van der Waals surface area contributed by atoms with E-state index in [0.29, 0.717) is 0 Å². The molecule has 3 heteroatoms. The molecule has 0 spiro atoms. The molecule has 0 aliphatic carbocycles. The van der Waals surface area contributed by atoms with Gasteiger partial charge in [-0.15, -0.1) is 0 Å². The van der Waals surface area contributed by atoms with Crippen molar-refractivity contribution in [3.05, 3.63) is 0 Å². The summed E-state index contributed by atoms with van der Waals surface area (Å²) < 4.78 is 0. The first-order chi connectivity index (χ1) is 6.95. The van der Waals surface area contributed by atoms with Crippen LogP contribution < -0.4 is 0 Å².